The van der Waals surface area contributed by atoms with Gasteiger partial charge in [-0.05, 0) is 69.0 Å². The zero-order valence-electron chi connectivity index (χ0n) is 20.5. The molecule has 4 rings (SSSR count). The van der Waals surface area contributed by atoms with Crippen LogP contribution in [-0.4, -0.2) is 52.3 Å². The van der Waals surface area contributed by atoms with Gasteiger partial charge >= 0.3 is 0 Å². The Morgan fingerprint density at radius 2 is 1.94 bits per heavy atom. The van der Waals surface area contributed by atoms with E-state index in [1.807, 2.05) is 45.0 Å². The molecular weight excluding hydrogens is 466 g/mol. The highest BCUT2D eigenvalue weighted by molar-refractivity contribution is 7.89. The third kappa shape index (κ3) is 5.65. The molecule has 1 amide bonds. The smallest absolute Gasteiger partial charge is 0.243 e. The lowest BCUT2D eigenvalue weighted by Crippen LogP contribution is -2.51. The zero-order valence-corrected chi connectivity index (χ0v) is 21.3. The van der Waals surface area contributed by atoms with Crippen molar-refractivity contribution in [2.24, 2.45) is 0 Å². The number of nitrogens with zero attached hydrogens (tertiary/aromatic N) is 4. The maximum atomic E-state index is 13.6. The number of hydrogen-bond acceptors (Lipinski definition) is 6. The van der Waals surface area contributed by atoms with Gasteiger partial charge in [0.2, 0.25) is 15.9 Å². The minimum absolute atomic E-state index is 0.0869. The van der Waals surface area contributed by atoms with Gasteiger partial charge in [-0.2, -0.15) is 4.31 Å². The fourth-order valence-electron chi connectivity index (χ4n) is 4.34. The van der Waals surface area contributed by atoms with Gasteiger partial charge in [-0.1, -0.05) is 30.7 Å². The van der Waals surface area contributed by atoms with Crippen molar-refractivity contribution < 1.29 is 17.9 Å². The average Bonchev–Trinajstić information content (AvgIpc) is 3.25. The largest absolute Gasteiger partial charge is 0.491 e. The molecular formula is C25H33N5O4S. The van der Waals surface area contributed by atoms with Crippen LogP contribution in [0.1, 0.15) is 52.0 Å². The molecule has 188 valence electrons. The molecule has 10 heteroatoms. The monoisotopic (exact) mass is 499 g/mol. The molecule has 2 aromatic carbocycles. The second kappa shape index (κ2) is 10.7. The van der Waals surface area contributed by atoms with Crippen molar-refractivity contribution in [1.82, 2.24) is 24.6 Å². The summed E-state index contributed by atoms with van der Waals surface area (Å²) in [5.41, 5.74) is 2.24. The first-order valence-corrected chi connectivity index (χ1v) is 13.6. The van der Waals surface area contributed by atoms with Gasteiger partial charge in [0, 0.05) is 19.6 Å². The first kappa shape index (κ1) is 25.1. The first-order chi connectivity index (χ1) is 16.8. The Bertz CT molecular complexity index is 1270. The Morgan fingerprint density at radius 3 is 2.66 bits per heavy atom. The number of carbonyl (C=O) groups is 1. The lowest BCUT2D eigenvalue weighted by molar-refractivity contribution is -0.125. The minimum atomic E-state index is -3.87. The molecule has 0 bridgehead atoms. The highest BCUT2D eigenvalue weighted by Gasteiger charge is 2.37. The van der Waals surface area contributed by atoms with Gasteiger partial charge in [0.25, 0.3) is 0 Å². The first-order valence-electron chi connectivity index (χ1n) is 12.2. The molecule has 0 radical (unpaired) electrons. The number of piperidine rings is 1. The maximum absolute atomic E-state index is 13.6. The number of benzene rings is 2. The van der Waals surface area contributed by atoms with Crippen LogP contribution in [0.15, 0.2) is 47.4 Å². The van der Waals surface area contributed by atoms with Crippen LogP contribution in [0.4, 0.5) is 0 Å². The van der Waals surface area contributed by atoms with E-state index in [1.54, 1.807) is 22.9 Å². The molecule has 1 fully saturated rings. The van der Waals surface area contributed by atoms with Gasteiger partial charge in [-0.25, -0.2) is 13.1 Å². The molecule has 1 aromatic heterocycles. The zero-order chi connectivity index (χ0) is 25.0. The van der Waals surface area contributed by atoms with Crippen LogP contribution in [0.3, 0.4) is 0 Å². The third-order valence-corrected chi connectivity index (χ3v) is 7.95. The topological polar surface area (TPSA) is 106 Å². The van der Waals surface area contributed by atoms with E-state index in [1.165, 1.54) is 4.31 Å². The van der Waals surface area contributed by atoms with Crippen molar-refractivity contribution in [2.45, 2.75) is 76.6 Å². The SMILES string of the molecule is CCCn1nnc2cc(S(=O)(=O)N3CCCC[C@H]3C(=O)NCc3ccc(OC(C)C)cc3)ccc21. The summed E-state index contributed by atoms with van der Waals surface area (Å²) in [4.78, 5) is 13.2. The summed E-state index contributed by atoms with van der Waals surface area (Å²) in [6.45, 7) is 7.31. The molecule has 2 heterocycles. The highest BCUT2D eigenvalue weighted by Crippen LogP contribution is 2.27. The number of carbonyl (C=O) groups excluding carboxylic acids is 1. The number of ether oxygens (including phenoxy) is 1. The lowest BCUT2D eigenvalue weighted by atomic mass is 10.0. The number of amides is 1. The Balaban J connectivity index is 1.48. The van der Waals surface area contributed by atoms with Gasteiger partial charge in [0.05, 0.1) is 16.5 Å². The van der Waals surface area contributed by atoms with E-state index in [0.29, 0.717) is 31.6 Å². The van der Waals surface area contributed by atoms with Gasteiger partial charge in [0.1, 0.15) is 17.3 Å². The van der Waals surface area contributed by atoms with Crippen molar-refractivity contribution in [3.8, 4) is 5.75 Å². The molecule has 0 saturated carbocycles. The fourth-order valence-corrected chi connectivity index (χ4v) is 6.02. The second-order valence-corrected chi connectivity index (χ2v) is 11.0. The van der Waals surface area contributed by atoms with E-state index in [4.69, 9.17) is 4.74 Å². The molecule has 0 unspecified atom stereocenters. The van der Waals surface area contributed by atoms with E-state index < -0.39 is 16.1 Å². The van der Waals surface area contributed by atoms with E-state index in [2.05, 4.69) is 15.6 Å². The fraction of sp³-hybridized carbons (Fsp3) is 0.480. The number of aromatic nitrogens is 3. The predicted octanol–water partition coefficient (Wildman–Crippen LogP) is 3.49. The summed E-state index contributed by atoms with van der Waals surface area (Å²) in [5, 5.41) is 11.2. The Labute approximate surface area is 206 Å². The lowest BCUT2D eigenvalue weighted by Gasteiger charge is -2.33. The normalized spacial score (nSPS) is 17.1. The van der Waals surface area contributed by atoms with Crippen LogP contribution < -0.4 is 10.1 Å². The predicted molar refractivity (Wildman–Crippen MR) is 133 cm³/mol. The second-order valence-electron chi connectivity index (χ2n) is 9.12. The van der Waals surface area contributed by atoms with E-state index in [0.717, 1.165) is 36.1 Å². The Kier molecular flexibility index (Phi) is 7.71. The van der Waals surface area contributed by atoms with Gasteiger partial charge in [-0.15, -0.1) is 5.10 Å². The van der Waals surface area contributed by atoms with E-state index >= 15 is 0 Å². The van der Waals surface area contributed by atoms with E-state index in [-0.39, 0.29) is 16.9 Å². The number of sulfonamides is 1. The van der Waals surface area contributed by atoms with Crippen LogP contribution in [0.2, 0.25) is 0 Å². The van der Waals surface area contributed by atoms with Crippen LogP contribution in [0.5, 0.6) is 5.75 Å². The average molecular weight is 500 g/mol. The highest BCUT2D eigenvalue weighted by atomic mass is 32.2. The molecule has 1 saturated heterocycles. The Morgan fingerprint density at radius 1 is 1.17 bits per heavy atom. The quantitative estimate of drug-likeness (QED) is 0.483. The number of rotatable bonds is 9. The molecule has 0 aliphatic carbocycles. The molecule has 0 spiro atoms. The van der Waals surface area contributed by atoms with Crippen molar-refractivity contribution in [3.63, 3.8) is 0 Å². The molecule has 1 atom stereocenters. The number of hydrogen-bond donors (Lipinski definition) is 1. The van der Waals surface area contributed by atoms with Crippen LogP contribution in [0, 0.1) is 0 Å². The van der Waals surface area contributed by atoms with Gasteiger partial charge in [0.15, 0.2) is 0 Å². The van der Waals surface area contributed by atoms with Crippen LogP contribution >= 0.6 is 0 Å². The summed E-state index contributed by atoms with van der Waals surface area (Å²) in [7, 11) is -3.87. The van der Waals surface area contributed by atoms with Crippen LogP contribution in [-0.2, 0) is 27.9 Å². The van der Waals surface area contributed by atoms with Crippen molar-refractivity contribution in [3.05, 3.63) is 48.0 Å². The number of fused-ring (bicyclic) bond motifs is 1. The molecule has 1 aliphatic rings. The van der Waals surface area contributed by atoms with Crippen molar-refractivity contribution in [2.75, 3.05) is 6.54 Å². The van der Waals surface area contributed by atoms with Crippen LogP contribution in [0.25, 0.3) is 11.0 Å². The van der Waals surface area contributed by atoms with Gasteiger partial charge in [-0.3, -0.25) is 4.79 Å². The minimum Gasteiger partial charge on any atom is -0.491 e. The maximum Gasteiger partial charge on any atom is 0.243 e. The van der Waals surface area contributed by atoms with Gasteiger partial charge < -0.3 is 10.1 Å². The number of nitrogens with one attached hydrogen (secondary N) is 1. The molecule has 9 nitrogen and oxygen atoms in total. The molecule has 35 heavy (non-hydrogen) atoms. The third-order valence-electron chi connectivity index (χ3n) is 6.05. The van der Waals surface area contributed by atoms with E-state index in [9.17, 15) is 13.2 Å². The standard InChI is InChI=1S/C25H33N5O4S/c1-4-14-29-23-13-12-21(16-22(23)27-28-29)35(32,33)30-15-6-5-7-24(30)25(31)26-17-19-8-10-20(11-9-19)34-18(2)3/h8-13,16,18,24H,4-7,14-15,17H2,1-3H3,(H,26,31)/t24-/m0/s1. The summed E-state index contributed by atoms with van der Waals surface area (Å²) >= 11 is 0. The van der Waals surface area contributed by atoms with Crippen molar-refractivity contribution in [1.29, 1.82) is 0 Å². The number of aryl methyl sites for hydroxylation is 1. The van der Waals surface area contributed by atoms with Crippen molar-refractivity contribution >= 4 is 27.0 Å². The molecule has 1 aliphatic heterocycles. The summed E-state index contributed by atoms with van der Waals surface area (Å²) in [5.74, 6) is 0.483. The summed E-state index contributed by atoms with van der Waals surface area (Å²) in [6.07, 6.45) is 2.99. The summed E-state index contributed by atoms with van der Waals surface area (Å²) in [6, 6.07) is 11.7. The summed E-state index contributed by atoms with van der Waals surface area (Å²) < 4.78 is 35.9. The Hall–Kier alpha value is -2.98. The molecule has 1 N–H and O–H groups in total. The molecule has 3 aromatic rings.